The number of alkyl halides is 3. The first kappa shape index (κ1) is 18.7. The molecular weight excluding hydrogens is 366 g/mol. The largest absolute Gasteiger partial charge is 0.418 e. The molecular formula is C18H15F4N3O2. The average molecular weight is 381 g/mol. The van der Waals surface area contributed by atoms with Crippen molar-refractivity contribution in [2.24, 2.45) is 0 Å². The molecule has 0 spiro atoms. The van der Waals surface area contributed by atoms with Crippen molar-refractivity contribution in [3.63, 3.8) is 0 Å². The van der Waals surface area contributed by atoms with Crippen molar-refractivity contribution in [2.45, 2.75) is 18.6 Å². The molecule has 3 rings (SSSR count). The smallest absolute Gasteiger partial charge is 0.326 e. The molecule has 0 saturated carbocycles. The Bertz CT molecular complexity index is 852. The number of halogens is 4. The highest BCUT2D eigenvalue weighted by atomic mass is 19.4. The highest BCUT2D eigenvalue weighted by Gasteiger charge is 2.35. The van der Waals surface area contributed by atoms with Gasteiger partial charge >= 0.3 is 12.2 Å². The number of amides is 3. The SMILES string of the molecule is O=C(Nc1ccccc1C(F)(F)F)N[C@@H]1CCN(c2ccc(F)cc2)C1=O. The number of carbonyl (C=O) groups excluding carboxylic acids is 2. The third-order valence-corrected chi connectivity index (χ3v) is 4.13. The van der Waals surface area contributed by atoms with Crippen LogP contribution >= 0.6 is 0 Å². The van der Waals surface area contributed by atoms with Crippen LogP contribution in [0.1, 0.15) is 12.0 Å². The number of nitrogens with zero attached hydrogens (tertiary/aromatic N) is 1. The second-order valence-corrected chi connectivity index (χ2v) is 5.95. The van der Waals surface area contributed by atoms with Crippen LogP contribution in [-0.4, -0.2) is 24.5 Å². The molecule has 0 unspecified atom stereocenters. The van der Waals surface area contributed by atoms with Gasteiger partial charge in [-0.15, -0.1) is 0 Å². The summed E-state index contributed by atoms with van der Waals surface area (Å²) < 4.78 is 51.9. The molecule has 3 amide bonds. The zero-order valence-electron chi connectivity index (χ0n) is 13.9. The first-order chi connectivity index (χ1) is 12.8. The Morgan fingerprint density at radius 2 is 1.74 bits per heavy atom. The summed E-state index contributed by atoms with van der Waals surface area (Å²) in [5, 5.41) is 4.52. The highest BCUT2D eigenvalue weighted by Crippen LogP contribution is 2.34. The van der Waals surface area contributed by atoms with Crippen LogP contribution in [0.5, 0.6) is 0 Å². The maximum Gasteiger partial charge on any atom is 0.418 e. The lowest BCUT2D eigenvalue weighted by molar-refractivity contribution is -0.137. The molecule has 2 aromatic rings. The summed E-state index contributed by atoms with van der Waals surface area (Å²) in [7, 11) is 0. The molecule has 0 aliphatic carbocycles. The predicted octanol–water partition coefficient (Wildman–Crippen LogP) is 3.77. The van der Waals surface area contributed by atoms with Gasteiger partial charge in [-0.2, -0.15) is 13.2 Å². The van der Waals surface area contributed by atoms with E-state index in [1.165, 1.54) is 41.3 Å². The molecule has 27 heavy (non-hydrogen) atoms. The lowest BCUT2D eigenvalue weighted by Gasteiger charge is -2.18. The van der Waals surface area contributed by atoms with Gasteiger partial charge in [0.2, 0.25) is 5.91 Å². The maximum atomic E-state index is 13.0. The van der Waals surface area contributed by atoms with Gasteiger partial charge in [-0.25, -0.2) is 9.18 Å². The fourth-order valence-electron chi connectivity index (χ4n) is 2.85. The Morgan fingerprint density at radius 3 is 2.41 bits per heavy atom. The van der Waals surface area contributed by atoms with E-state index in [0.29, 0.717) is 12.2 Å². The summed E-state index contributed by atoms with van der Waals surface area (Å²) >= 11 is 0. The Hall–Kier alpha value is -3.10. The van der Waals surface area contributed by atoms with Crippen molar-refractivity contribution in [3.8, 4) is 0 Å². The van der Waals surface area contributed by atoms with Crippen molar-refractivity contribution >= 4 is 23.3 Å². The second kappa shape index (κ2) is 7.26. The number of anilines is 2. The van der Waals surface area contributed by atoms with E-state index in [9.17, 15) is 27.2 Å². The zero-order valence-corrected chi connectivity index (χ0v) is 13.9. The lowest BCUT2D eigenvalue weighted by atomic mass is 10.1. The first-order valence-corrected chi connectivity index (χ1v) is 8.06. The molecule has 2 N–H and O–H groups in total. The summed E-state index contributed by atoms with van der Waals surface area (Å²) in [6, 6.07) is 8.07. The number of hydrogen-bond acceptors (Lipinski definition) is 2. The lowest BCUT2D eigenvalue weighted by Crippen LogP contribution is -2.43. The number of benzene rings is 2. The van der Waals surface area contributed by atoms with E-state index in [2.05, 4.69) is 10.6 Å². The number of urea groups is 1. The van der Waals surface area contributed by atoms with Gasteiger partial charge in [0.15, 0.2) is 0 Å². The molecule has 9 heteroatoms. The number of nitrogens with one attached hydrogen (secondary N) is 2. The number of hydrogen-bond donors (Lipinski definition) is 2. The van der Waals surface area contributed by atoms with Crippen molar-refractivity contribution in [3.05, 3.63) is 59.9 Å². The molecule has 2 aromatic carbocycles. The molecule has 1 atom stereocenters. The fourth-order valence-corrected chi connectivity index (χ4v) is 2.85. The van der Waals surface area contributed by atoms with Crippen molar-refractivity contribution in [1.29, 1.82) is 0 Å². The molecule has 1 heterocycles. The fraction of sp³-hybridized carbons (Fsp3) is 0.222. The normalized spacial score (nSPS) is 17.1. The van der Waals surface area contributed by atoms with Gasteiger partial charge in [-0.1, -0.05) is 12.1 Å². The molecule has 5 nitrogen and oxygen atoms in total. The zero-order chi connectivity index (χ0) is 19.6. The number of para-hydroxylation sites is 1. The van der Waals surface area contributed by atoms with Gasteiger partial charge in [0.25, 0.3) is 0 Å². The van der Waals surface area contributed by atoms with E-state index in [-0.39, 0.29) is 6.42 Å². The minimum absolute atomic E-state index is 0.282. The van der Waals surface area contributed by atoms with E-state index < -0.39 is 41.2 Å². The number of rotatable bonds is 3. The summed E-state index contributed by atoms with van der Waals surface area (Å²) in [4.78, 5) is 25.9. The third kappa shape index (κ3) is 4.18. The standard InChI is InChI=1S/C18H15F4N3O2/c19-11-5-7-12(8-6-11)25-10-9-15(16(25)26)24-17(27)23-14-4-2-1-3-13(14)18(20,21)22/h1-8,15H,9-10H2,(H2,23,24,27)/t15-/m1/s1. The van der Waals surface area contributed by atoms with Gasteiger partial charge in [0, 0.05) is 12.2 Å². The van der Waals surface area contributed by atoms with Gasteiger partial charge in [-0.3, -0.25) is 4.79 Å². The van der Waals surface area contributed by atoms with Crippen LogP contribution in [-0.2, 0) is 11.0 Å². The van der Waals surface area contributed by atoms with Gasteiger partial charge in [-0.05, 0) is 42.8 Å². The summed E-state index contributed by atoms with van der Waals surface area (Å²) in [5.41, 5.74) is -0.900. The van der Waals surface area contributed by atoms with Crippen LogP contribution < -0.4 is 15.5 Å². The second-order valence-electron chi connectivity index (χ2n) is 5.95. The van der Waals surface area contributed by atoms with E-state index in [1.54, 1.807) is 0 Å². The van der Waals surface area contributed by atoms with E-state index in [0.717, 1.165) is 12.1 Å². The molecule has 1 fully saturated rings. The van der Waals surface area contributed by atoms with Crippen molar-refractivity contribution in [1.82, 2.24) is 5.32 Å². The maximum absolute atomic E-state index is 13.0. The van der Waals surface area contributed by atoms with E-state index in [4.69, 9.17) is 0 Å². The van der Waals surface area contributed by atoms with Gasteiger partial charge < -0.3 is 15.5 Å². The summed E-state index contributed by atoms with van der Waals surface area (Å²) in [5.74, 6) is -0.858. The van der Waals surface area contributed by atoms with Crippen LogP contribution in [0, 0.1) is 5.82 Å². The molecule has 1 aliphatic rings. The van der Waals surface area contributed by atoms with E-state index >= 15 is 0 Å². The first-order valence-electron chi connectivity index (χ1n) is 8.06. The molecule has 0 bridgehead atoms. The predicted molar refractivity (Wildman–Crippen MR) is 90.8 cm³/mol. The molecule has 0 radical (unpaired) electrons. The van der Waals surface area contributed by atoms with Crippen LogP contribution in [0.25, 0.3) is 0 Å². The van der Waals surface area contributed by atoms with Gasteiger partial charge in [0.1, 0.15) is 11.9 Å². The van der Waals surface area contributed by atoms with E-state index in [1.807, 2.05) is 0 Å². The minimum atomic E-state index is -4.62. The molecule has 1 aliphatic heterocycles. The van der Waals surface area contributed by atoms with Crippen molar-refractivity contribution in [2.75, 3.05) is 16.8 Å². The minimum Gasteiger partial charge on any atom is -0.326 e. The summed E-state index contributed by atoms with van der Waals surface area (Å²) in [6.07, 6.45) is -4.34. The molecule has 142 valence electrons. The quantitative estimate of drug-likeness (QED) is 0.795. The Kier molecular flexibility index (Phi) is 5.02. The van der Waals surface area contributed by atoms with Crippen molar-refractivity contribution < 1.29 is 27.2 Å². The summed E-state index contributed by atoms with van der Waals surface area (Å²) in [6.45, 7) is 0.300. The Balaban J connectivity index is 1.66. The monoisotopic (exact) mass is 381 g/mol. The van der Waals surface area contributed by atoms with Crippen LogP contribution in [0.2, 0.25) is 0 Å². The number of carbonyl (C=O) groups is 2. The molecule has 0 aromatic heterocycles. The van der Waals surface area contributed by atoms with Crippen LogP contribution in [0.15, 0.2) is 48.5 Å². The van der Waals surface area contributed by atoms with Crippen LogP contribution in [0.3, 0.4) is 0 Å². The van der Waals surface area contributed by atoms with Crippen LogP contribution in [0.4, 0.5) is 33.7 Å². The average Bonchev–Trinajstić information content (AvgIpc) is 2.96. The topological polar surface area (TPSA) is 61.4 Å². The Morgan fingerprint density at radius 1 is 1.07 bits per heavy atom. The van der Waals surface area contributed by atoms with Gasteiger partial charge in [0.05, 0.1) is 11.3 Å². The Labute approximate surface area is 152 Å². The highest BCUT2D eigenvalue weighted by molar-refractivity contribution is 6.02. The third-order valence-electron chi connectivity index (χ3n) is 4.13. The molecule has 1 saturated heterocycles.